The summed E-state index contributed by atoms with van der Waals surface area (Å²) in [6.45, 7) is 9.04. The van der Waals surface area contributed by atoms with Gasteiger partial charge in [0.05, 0.1) is 72.7 Å². The smallest absolute Gasteiger partial charge is 0.305 e. The fourth-order valence-corrected chi connectivity index (χ4v) is 3.56. The second kappa shape index (κ2) is 33.5. The van der Waals surface area contributed by atoms with Crippen LogP contribution >= 0.6 is 11.6 Å². The standard InChI is InChI=1S/C28H55ClO8/c1-2-3-4-5-6-7-10-13-28(30)37-27-26-36-25-24-35-23-22-34-21-20-33-19-18-32-17-16-31-15-12-9-8-11-14-29/h2-27H2,1H3. The van der Waals surface area contributed by atoms with Crippen LogP contribution in [0.25, 0.3) is 0 Å². The van der Waals surface area contributed by atoms with Crippen molar-refractivity contribution in [1.29, 1.82) is 0 Å². The molecule has 37 heavy (non-hydrogen) atoms. The van der Waals surface area contributed by atoms with Crippen molar-refractivity contribution in [3.63, 3.8) is 0 Å². The van der Waals surface area contributed by atoms with Crippen molar-refractivity contribution in [2.24, 2.45) is 0 Å². The van der Waals surface area contributed by atoms with Crippen molar-refractivity contribution in [3.05, 3.63) is 0 Å². The maximum absolute atomic E-state index is 11.7. The Morgan fingerprint density at radius 3 is 1.32 bits per heavy atom. The summed E-state index contributed by atoms with van der Waals surface area (Å²) >= 11 is 5.64. The van der Waals surface area contributed by atoms with Crippen LogP contribution in [0.2, 0.25) is 0 Å². The van der Waals surface area contributed by atoms with Crippen molar-refractivity contribution in [2.45, 2.75) is 84.0 Å². The van der Waals surface area contributed by atoms with Gasteiger partial charge in [0.2, 0.25) is 0 Å². The maximum atomic E-state index is 11.7. The molecule has 0 aromatic rings. The Hall–Kier alpha value is -0.480. The SMILES string of the molecule is CCCCCCCCCC(=O)OCCOCCOCCOCCOCCOCCOCCCCCCCl. The molecule has 9 heteroatoms. The molecular formula is C28H55ClO8. The molecule has 0 radical (unpaired) electrons. The van der Waals surface area contributed by atoms with Crippen LogP contribution in [0.3, 0.4) is 0 Å². The van der Waals surface area contributed by atoms with E-state index < -0.39 is 0 Å². The number of alkyl halides is 1. The zero-order chi connectivity index (χ0) is 26.9. The first kappa shape index (κ1) is 36.5. The Morgan fingerprint density at radius 2 is 0.838 bits per heavy atom. The van der Waals surface area contributed by atoms with Gasteiger partial charge in [-0.3, -0.25) is 4.79 Å². The average Bonchev–Trinajstić information content (AvgIpc) is 2.90. The zero-order valence-electron chi connectivity index (χ0n) is 23.5. The summed E-state index contributed by atoms with van der Waals surface area (Å²) in [6, 6.07) is 0. The normalized spacial score (nSPS) is 11.3. The summed E-state index contributed by atoms with van der Waals surface area (Å²) in [5.41, 5.74) is 0. The second-order valence-corrected chi connectivity index (χ2v) is 9.25. The van der Waals surface area contributed by atoms with E-state index in [1.54, 1.807) is 0 Å². The highest BCUT2D eigenvalue weighted by molar-refractivity contribution is 6.17. The molecule has 0 unspecified atom stereocenters. The molecule has 8 nitrogen and oxygen atoms in total. The van der Waals surface area contributed by atoms with Crippen LogP contribution in [0.4, 0.5) is 0 Å². The predicted octanol–water partition coefficient (Wildman–Crippen LogP) is 5.57. The van der Waals surface area contributed by atoms with E-state index >= 15 is 0 Å². The first-order valence-corrected chi connectivity index (χ1v) is 15.0. The quantitative estimate of drug-likeness (QED) is 0.0606. The van der Waals surface area contributed by atoms with Crippen molar-refractivity contribution in [1.82, 2.24) is 0 Å². The minimum Gasteiger partial charge on any atom is -0.463 e. The van der Waals surface area contributed by atoms with E-state index in [-0.39, 0.29) is 5.97 Å². The van der Waals surface area contributed by atoms with Crippen LogP contribution in [0.1, 0.15) is 84.0 Å². The van der Waals surface area contributed by atoms with E-state index in [0.717, 1.165) is 38.2 Å². The molecule has 0 amide bonds. The first-order chi connectivity index (χ1) is 18.3. The highest BCUT2D eigenvalue weighted by Gasteiger charge is 2.02. The lowest BCUT2D eigenvalue weighted by molar-refractivity contribution is -0.145. The van der Waals surface area contributed by atoms with E-state index in [4.69, 9.17) is 44.8 Å². The van der Waals surface area contributed by atoms with Crippen LogP contribution < -0.4 is 0 Å². The summed E-state index contributed by atoms with van der Waals surface area (Å²) in [6.07, 6.45) is 13.4. The number of rotatable bonds is 32. The Bertz CT molecular complexity index is 442. The molecule has 0 spiro atoms. The molecule has 0 fully saturated rings. The zero-order valence-corrected chi connectivity index (χ0v) is 24.3. The third-order valence-corrected chi connectivity index (χ3v) is 5.77. The van der Waals surface area contributed by atoms with Crippen LogP contribution in [-0.2, 0) is 38.0 Å². The van der Waals surface area contributed by atoms with E-state index in [9.17, 15) is 4.79 Å². The third kappa shape index (κ3) is 33.5. The summed E-state index contributed by atoms with van der Waals surface area (Å²) in [7, 11) is 0. The summed E-state index contributed by atoms with van der Waals surface area (Å²) in [5.74, 6) is 0.614. The molecule has 0 bridgehead atoms. The van der Waals surface area contributed by atoms with Crippen molar-refractivity contribution in [2.75, 3.05) is 91.8 Å². The van der Waals surface area contributed by atoms with Crippen molar-refractivity contribution < 1.29 is 38.0 Å². The number of ether oxygens (including phenoxy) is 7. The molecular weight excluding hydrogens is 500 g/mol. The van der Waals surface area contributed by atoms with Gasteiger partial charge in [0.1, 0.15) is 6.61 Å². The van der Waals surface area contributed by atoms with E-state index in [0.29, 0.717) is 85.7 Å². The molecule has 0 aromatic heterocycles. The second-order valence-electron chi connectivity index (χ2n) is 8.87. The third-order valence-electron chi connectivity index (χ3n) is 5.51. The number of esters is 1. The lowest BCUT2D eigenvalue weighted by Gasteiger charge is -2.08. The van der Waals surface area contributed by atoms with Gasteiger partial charge in [0.15, 0.2) is 0 Å². The number of hydrogen-bond donors (Lipinski definition) is 0. The average molecular weight is 555 g/mol. The summed E-state index contributed by atoms with van der Waals surface area (Å²) in [5, 5.41) is 0. The van der Waals surface area contributed by atoms with Gasteiger partial charge in [-0.1, -0.05) is 58.3 Å². The lowest BCUT2D eigenvalue weighted by Crippen LogP contribution is -2.15. The highest BCUT2D eigenvalue weighted by Crippen LogP contribution is 2.08. The lowest BCUT2D eigenvalue weighted by atomic mass is 10.1. The Balaban J connectivity index is 3.10. The molecule has 0 aliphatic heterocycles. The molecule has 0 atom stereocenters. The van der Waals surface area contributed by atoms with Gasteiger partial charge in [0, 0.05) is 18.9 Å². The van der Waals surface area contributed by atoms with Crippen LogP contribution in [-0.4, -0.2) is 97.7 Å². The minimum absolute atomic E-state index is 0.132. The largest absolute Gasteiger partial charge is 0.463 e. The maximum Gasteiger partial charge on any atom is 0.305 e. The topological polar surface area (TPSA) is 81.7 Å². The Labute approximate surface area is 231 Å². The minimum atomic E-state index is -0.132. The number of halogens is 1. The fourth-order valence-electron chi connectivity index (χ4n) is 3.37. The van der Waals surface area contributed by atoms with Crippen LogP contribution in [0.5, 0.6) is 0 Å². The number of carbonyl (C=O) groups excluding carboxylic acids is 1. The van der Waals surface area contributed by atoms with Crippen LogP contribution in [0, 0.1) is 0 Å². The molecule has 0 aliphatic rings. The van der Waals surface area contributed by atoms with E-state index in [1.165, 1.54) is 44.9 Å². The van der Waals surface area contributed by atoms with Crippen molar-refractivity contribution in [3.8, 4) is 0 Å². The Kier molecular flexibility index (Phi) is 33.1. The summed E-state index contributed by atoms with van der Waals surface area (Å²) < 4.78 is 38.0. The van der Waals surface area contributed by atoms with E-state index in [2.05, 4.69) is 6.92 Å². The molecule has 0 saturated carbocycles. The van der Waals surface area contributed by atoms with Crippen LogP contribution in [0.15, 0.2) is 0 Å². The monoisotopic (exact) mass is 554 g/mol. The highest BCUT2D eigenvalue weighted by atomic mass is 35.5. The molecule has 0 aliphatic carbocycles. The number of hydrogen-bond acceptors (Lipinski definition) is 8. The summed E-state index contributed by atoms with van der Waals surface area (Å²) in [4.78, 5) is 11.7. The predicted molar refractivity (Wildman–Crippen MR) is 148 cm³/mol. The molecule has 0 rings (SSSR count). The Morgan fingerprint density at radius 1 is 0.459 bits per heavy atom. The molecule has 0 heterocycles. The fraction of sp³-hybridized carbons (Fsp3) is 0.964. The number of carbonyl (C=O) groups is 1. The molecule has 222 valence electrons. The van der Waals surface area contributed by atoms with Gasteiger partial charge >= 0.3 is 5.97 Å². The van der Waals surface area contributed by atoms with Gasteiger partial charge in [-0.15, -0.1) is 11.6 Å². The van der Waals surface area contributed by atoms with Gasteiger partial charge in [-0.05, 0) is 19.3 Å². The van der Waals surface area contributed by atoms with Gasteiger partial charge in [0.25, 0.3) is 0 Å². The molecule has 0 aromatic carbocycles. The van der Waals surface area contributed by atoms with Gasteiger partial charge < -0.3 is 33.2 Å². The van der Waals surface area contributed by atoms with Gasteiger partial charge in [-0.25, -0.2) is 0 Å². The van der Waals surface area contributed by atoms with Crippen molar-refractivity contribution >= 4 is 17.6 Å². The number of unbranched alkanes of at least 4 members (excludes halogenated alkanes) is 9. The molecule has 0 saturated heterocycles. The van der Waals surface area contributed by atoms with E-state index in [1.807, 2.05) is 0 Å². The van der Waals surface area contributed by atoms with Gasteiger partial charge in [-0.2, -0.15) is 0 Å². The first-order valence-electron chi connectivity index (χ1n) is 14.5. The molecule has 0 N–H and O–H groups in total.